The molecule has 1 aromatic heterocycles. The number of carbonyl (C=O) groups excluding carboxylic acids is 1. The molecular formula is C26H32N4O5SSn. The Balaban J connectivity index is 1.58. The van der Waals surface area contributed by atoms with Crippen LogP contribution in [0.4, 0.5) is 5.82 Å². The van der Waals surface area contributed by atoms with Gasteiger partial charge in [-0.2, -0.15) is 0 Å². The number of carbonyl (C=O) groups is 2. The number of carboxylic acids is 1. The van der Waals surface area contributed by atoms with Gasteiger partial charge in [-0.3, -0.25) is 0 Å². The summed E-state index contributed by atoms with van der Waals surface area (Å²) in [5, 5.41) is 12.0. The molecule has 0 aliphatic carbocycles. The number of amides is 1. The Kier molecular flexibility index (Phi) is 9.32. The molecule has 1 heterocycles. The van der Waals surface area contributed by atoms with Gasteiger partial charge in [0, 0.05) is 5.69 Å². The van der Waals surface area contributed by atoms with Crippen molar-refractivity contribution in [2.75, 3.05) is 12.3 Å². The number of hydrogen-bond acceptors (Lipinski definition) is 6. The van der Waals surface area contributed by atoms with E-state index in [1.165, 1.54) is 12.1 Å². The number of hydrogen-bond donors (Lipinski definition) is 4. The first-order valence-electron chi connectivity index (χ1n) is 11.8. The molecule has 0 aliphatic rings. The van der Waals surface area contributed by atoms with Crippen LogP contribution in [0.25, 0.3) is 0 Å². The number of benzene rings is 2. The van der Waals surface area contributed by atoms with Crippen molar-refractivity contribution in [1.29, 1.82) is 0 Å². The molecule has 0 saturated carbocycles. The van der Waals surface area contributed by atoms with Crippen LogP contribution in [0.1, 0.15) is 21.6 Å². The van der Waals surface area contributed by atoms with Crippen LogP contribution < -0.4 is 19.4 Å². The number of nitrogens with two attached hydrogens (primary N) is 1. The van der Waals surface area contributed by atoms with Gasteiger partial charge in [0.15, 0.2) is 0 Å². The third-order valence-corrected chi connectivity index (χ3v) is 13.2. The molecule has 5 N–H and O–H groups in total. The van der Waals surface area contributed by atoms with E-state index in [4.69, 9.17) is 5.73 Å². The van der Waals surface area contributed by atoms with E-state index in [0.717, 1.165) is 14.8 Å². The fourth-order valence-corrected chi connectivity index (χ4v) is 8.12. The fourth-order valence-electron chi connectivity index (χ4n) is 3.60. The summed E-state index contributed by atoms with van der Waals surface area (Å²) < 4.78 is 28.9. The number of sulfonamides is 1. The summed E-state index contributed by atoms with van der Waals surface area (Å²) in [7, 11) is -4.09. The van der Waals surface area contributed by atoms with Gasteiger partial charge in [-0.15, -0.1) is 0 Å². The normalized spacial score (nSPS) is 12.6. The van der Waals surface area contributed by atoms with Crippen molar-refractivity contribution < 1.29 is 23.1 Å². The zero-order valence-corrected chi connectivity index (χ0v) is 24.7. The topological polar surface area (TPSA) is 151 Å². The number of pyridine rings is 1. The third kappa shape index (κ3) is 8.27. The molecule has 0 fully saturated rings. The van der Waals surface area contributed by atoms with Gasteiger partial charge in [0.05, 0.1) is 0 Å². The summed E-state index contributed by atoms with van der Waals surface area (Å²) in [6.45, 7) is -0.410. The average molecular weight is 631 g/mol. The maximum absolute atomic E-state index is 12.8. The Bertz CT molecular complexity index is 1350. The van der Waals surface area contributed by atoms with Crippen LogP contribution in [0.5, 0.6) is 0 Å². The number of nitrogen functional groups attached to an aromatic ring is 1. The van der Waals surface area contributed by atoms with Crippen LogP contribution in [0.2, 0.25) is 14.8 Å². The van der Waals surface area contributed by atoms with Crippen molar-refractivity contribution in [3.8, 4) is 0 Å². The molecule has 0 spiro atoms. The Morgan fingerprint density at radius 3 is 2.19 bits per heavy atom. The maximum atomic E-state index is 12.8. The molecule has 0 bridgehead atoms. The van der Waals surface area contributed by atoms with E-state index in [0.29, 0.717) is 24.2 Å². The number of anilines is 1. The Morgan fingerprint density at radius 2 is 1.62 bits per heavy atom. The quantitative estimate of drug-likeness (QED) is 0.237. The molecule has 3 aromatic rings. The summed E-state index contributed by atoms with van der Waals surface area (Å²) in [5.41, 5.74) is 7.91. The molecule has 0 aliphatic heterocycles. The van der Waals surface area contributed by atoms with Gasteiger partial charge in [-0.1, -0.05) is 18.2 Å². The molecular weight excluding hydrogens is 599 g/mol. The monoisotopic (exact) mass is 632 g/mol. The molecule has 1 atom stereocenters. The molecule has 1 amide bonds. The van der Waals surface area contributed by atoms with E-state index in [1.807, 2.05) is 24.3 Å². The van der Waals surface area contributed by atoms with Gasteiger partial charge in [0.1, 0.15) is 5.82 Å². The van der Waals surface area contributed by atoms with Crippen molar-refractivity contribution >= 4 is 49.7 Å². The zero-order chi connectivity index (χ0) is 27.2. The minimum absolute atomic E-state index is 0.0201. The van der Waals surface area contributed by atoms with Crippen molar-refractivity contribution in [3.63, 3.8) is 0 Å². The van der Waals surface area contributed by atoms with E-state index in [2.05, 4.69) is 29.8 Å². The Morgan fingerprint density at radius 1 is 0.973 bits per heavy atom. The number of carboxylic acid groups (broad SMARTS) is 1. The van der Waals surface area contributed by atoms with Crippen LogP contribution in [-0.2, 0) is 27.7 Å². The molecule has 0 radical (unpaired) electrons. The van der Waals surface area contributed by atoms with Gasteiger partial charge >= 0.3 is 151 Å². The first-order chi connectivity index (χ1) is 17.3. The van der Waals surface area contributed by atoms with Gasteiger partial charge in [0.2, 0.25) is 0 Å². The predicted octanol–water partition coefficient (Wildman–Crippen LogP) is 2.16. The third-order valence-electron chi connectivity index (χ3n) is 5.81. The van der Waals surface area contributed by atoms with Crippen LogP contribution >= 0.6 is 0 Å². The SMILES string of the molecule is [CH3][Sn]([CH3])([CH3])[c]1ccc(S(=O)(=O)N[C@@H](CNC(=O)c2ccc(CCc3cccc(N)n3)cc2)C(=O)O)cc1. The zero-order valence-electron chi connectivity index (χ0n) is 21.1. The molecule has 11 heteroatoms. The second-order valence-corrected chi connectivity index (χ2v) is 26.0. The molecule has 3 rings (SSSR count). The summed E-state index contributed by atoms with van der Waals surface area (Å²) in [6.07, 6.45) is 1.40. The fraction of sp³-hybridized carbons (Fsp3) is 0.269. The van der Waals surface area contributed by atoms with Gasteiger partial charge in [0.25, 0.3) is 0 Å². The summed E-state index contributed by atoms with van der Waals surface area (Å²) in [4.78, 5) is 35.2. The summed E-state index contributed by atoms with van der Waals surface area (Å²) in [5.74, 6) is -1.43. The number of aryl methyl sites for hydroxylation is 2. The number of rotatable bonds is 11. The van der Waals surface area contributed by atoms with E-state index >= 15 is 0 Å². The van der Waals surface area contributed by atoms with Crippen molar-refractivity contribution in [2.24, 2.45) is 0 Å². The molecule has 9 nitrogen and oxygen atoms in total. The predicted molar refractivity (Wildman–Crippen MR) is 146 cm³/mol. The number of aromatic nitrogens is 1. The number of aliphatic carboxylic acids is 1. The molecule has 196 valence electrons. The number of nitrogens with zero attached hydrogens (tertiary/aromatic N) is 1. The van der Waals surface area contributed by atoms with Crippen LogP contribution in [-0.4, -0.2) is 61.3 Å². The van der Waals surface area contributed by atoms with Crippen LogP contribution in [0.3, 0.4) is 0 Å². The van der Waals surface area contributed by atoms with Crippen LogP contribution in [0.15, 0.2) is 71.6 Å². The van der Waals surface area contributed by atoms with Crippen molar-refractivity contribution in [1.82, 2.24) is 15.0 Å². The second kappa shape index (κ2) is 12.1. The molecule has 37 heavy (non-hydrogen) atoms. The molecule has 2 aromatic carbocycles. The Labute approximate surface area is 221 Å². The van der Waals surface area contributed by atoms with E-state index < -0.39 is 52.9 Å². The summed E-state index contributed by atoms with van der Waals surface area (Å²) in [6, 6.07) is 17.4. The van der Waals surface area contributed by atoms with Crippen LogP contribution in [0, 0.1) is 0 Å². The van der Waals surface area contributed by atoms with Gasteiger partial charge in [-0.05, 0) is 30.5 Å². The second-order valence-electron chi connectivity index (χ2n) is 9.75. The Hall–Kier alpha value is -2.96. The molecule has 0 saturated heterocycles. The first kappa shape index (κ1) is 28.6. The van der Waals surface area contributed by atoms with Crippen molar-refractivity contribution in [2.45, 2.75) is 38.6 Å². The van der Waals surface area contributed by atoms with Crippen molar-refractivity contribution in [3.05, 3.63) is 83.6 Å². The molecule has 0 unspecified atom stereocenters. The summed E-state index contributed by atoms with van der Waals surface area (Å²) >= 11 is -2.36. The van der Waals surface area contributed by atoms with E-state index in [-0.39, 0.29) is 4.90 Å². The van der Waals surface area contributed by atoms with E-state index in [1.54, 1.807) is 30.3 Å². The van der Waals surface area contributed by atoms with E-state index in [9.17, 15) is 23.1 Å². The van der Waals surface area contributed by atoms with Gasteiger partial charge in [-0.25, -0.2) is 4.98 Å². The first-order valence-corrected chi connectivity index (χ1v) is 23.3. The standard InChI is InChI=1S/C23H23N4O5S.3CH3.Sn/c24-21-8-4-5-18(26-21)14-11-16-9-12-17(13-10-16)22(28)25-15-20(23(29)30)27-33(31,32)19-6-2-1-3-7-19;;;;/h2-10,12-13,20,27H,11,14-15H2,(H2,24,26)(H,25,28)(H,29,30);3*1H3;/t20-;;;;/m0..../s1. The average Bonchev–Trinajstić information content (AvgIpc) is 2.85. The number of nitrogens with one attached hydrogen (secondary N) is 2. The minimum atomic E-state index is -4.09. The van der Waals surface area contributed by atoms with Gasteiger partial charge < -0.3 is 5.73 Å².